The van der Waals surface area contributed by atoms with Gasteiger partial charge in [-0.2, -0.15) is 0 Å². The molecule has 3 rings (SSSR count). The summed E-state index contributed by atoms with van der Waals surface area (Å²) in [4.78, 5) is 0. The van der Waals surface area contributed by atoms with Gasteiger partial charge in [0.15, 0.2) is 0 Å². The van der Waals surface area contributed by atoms with Crippen LogP contribution in [0.3, 0.4) is 0 Å². The van der Waals surface area contributed by atoms with Gasteiger partial charge in [0.05, 0.1) is 18.8 Å². The SMILES string of the molecule is CCOc1ccc(NC(CC(O)c2ccc(Br)cc2)c2ccc(Br)cc2)cc1. The summed E-state index contributed by atoms with van der Waals surface area (Å²) in [5, 5.41) is 14.4. The second kappa shape index (κ2) is 10.1. The van der Waals surface area contributed by atoms with Crippen molar-refractivity contribution in [2.75, 3.05) is 11.9 Å². The first kappa shape index (κ1) is 20.9. The van der Waals surface area contributed by atoms with Gasteiger partial charge in [0.1, 0.15) is 5.75 Å². The van der Waals surface area contributed by atoms with Gasteiger partial charge in [-0.05, 0) is 66.6 Å². The van der Waals surface area contributed by atoms with E-state index < -0.39 is 6.10 Å². The van der Waals surface area contributed by atoms with E-state index in [-0.39, 0.29) is 6.04 Å². The summed E-state index contributed by atoms with van der Waals surface area (Å²) in [5.74, 6) is 0.850. The molecule has 146 valence electrons. The highest BCUT2D eigenvalue weighted by Crippen LogP contribution is 2.31. The zero-order chi connectivity index (χ0) is 19.9. The molecule has 3 aromatic rings. The van der Waals surface area contributed by atoms with Crippen LogP contribution in [0.4, 0.5) is 5.69 Å². The lowest BCUT2D eigenvalue weighted by Crippen LogP contribution is -2.15. The molecule has 0 fully saturated rings. The molecule has 2 atom stereocenters. The van der Waals surface area contributed by atoms with Crippen molar-refractivity contribution in [3.8, 4) is 5.75 Å². The normalized spacial score (nSPS) is 13.0. The topological polar surface area (TPSA) is 41.5 Å². The molecule has 3 nitrogen and oxygen atoms in total. The van der Waals surface area contributed by atoms with Crippen LogP contribution in [0.15, 0.2) is 81.7 Å². The highest BCUT2D eigenvalue weighted by molar-refractivity contribution is 9.10. The van der Waals surface area contributed by atoms with E-state index in [0.717, 1.165) is 31.5 Å². The largest absolute Gasteiger partial charge is 0.494 e. The minimum Gasteiger partial charge on any atom is -0.494 e. The molecule has 2 unspecified atom stereocenters. The first-order chi connectivity index (χ1) is 13.5. The summed E-state index contributed by atoms with van der Waals surface area (Å²) in [6.07, 6.45) is -0.0202. The van der Waals surface area contributed by atoms with Crippen molar-refractivity contribution in [1.82, 2.24) is 0 Å². The Morgan fingerprint density at radius 2 is 1.36 bits per heavy atom. The van der Waals surface area contributed by atoms with Gasteiger partial charge in [-0.1, -0.05) is 56.1 Å². The molecular weight excluding hydrogens is 482 g/mol. The van der Waals surface area contributed by atoms with Gasteiger partial charge in [0.2, 0.25) is 0 Å². The van der Waals surface area contributed by atoms with E-state index in [0.29, 0.717) is 13.0 Å². The van der Waals surface area contributed by atoms with Crippen LogP contribution in [0.25, 0.3) is 0 Å². The number of hydrogen-bond donors (Lipinski definition) is 2. The van der Waals surface area contributed by atoms with Gasteiger partial charge in [-0.25, -0.2) is 0 Å². The van der Waals surface area contributed by atoms with E-state index in [1.54, 1.807) is 0 Å². The van der Waals surface area contributed by atoms with E-state index in [2.05, 4.69) is 49.3 Å². The van der Waals surface area contributed by atoms with Crippen molar-refractivity contribution in [2.24, 2.45) is 0 Å². The predicted molar refractivity (Wildman–Crippen MR) is 122 cm³/mol. The molecule has 0 amide bonds. The third-order valence-electron chi connectivity index (χ3n) is 4.49. The lowest BCUT2D eigenvalue weighted by atomic mass is 9.96. The van der Waals surface area contributed by atoms with E-state index in [1.165, 1.54) is 0 Å². The van der Waals surface area contributed by atoms with Crippen LogP contribution in [-0.2, 0) is 0 Å². The molecule has 3 aromatic carbocycles. The van der Waals surface area contributed by atoms with Crippen LogP contribution < -0.4 is 10.1 Å². The van der Waals surface area contributed by atoms with Crippen LogP contribution in [0.1, 0.15) is 36.6 Å². The fourth-order valence-electron chi connectivity index (χ4n) is 3.03. The lowest BCUT2D eigenvalue weighted by molar-refractivity contribution is 0.160. The minimum absolute atomic E-state index is 0.0373. The van der Waals surface area contributed by atoms with Gasteiger partial charge in [-0.15, -0.1) is 0 Å². The maximum Gasteiger partial charge on any atom is 0.119 e. The van der Waals surface area contributed by atoms with E-state index in [9.17, 15) is 5.11 Å². The predicted octanol–water partition coefficient (Wildman–Crippen LogP) is 6.89. The summed E-state index contributed by atoms with van der Waals surface area (Å²) in [5.41, 5.74) is 3.01. The third-order valence-corrected chi connectivity index (χ3v) is 5.55. The van der Waals surface area contributed by atoms with Crippen LogP contribution >= 0.6 is 31.9 Å². The van der Waals surface area contributed by atoms with E-state index in [1.807, 2.05) is 67.6 Å². The molecule has 0 saturated carbocycles. The summed E-state index contributed by atoms with van der Waals surface area (Å²) in [6.45, 7) is 2.62. The van der Waals surface area contributed by atoms with Crippen LogP contribution in [0.2, 0.25) is 0 Å². The number of hydrogen-bond acceptors (Lipinski definition) is 3. The van der Waals surface area contributed by atoms with Gasteiger partial charge >= 0.3 is 0 Å². The number of aliphatic hydroxyl groups is 1. The van der Waals surface area contributed by atoms with Crippen molar-refractivity contribution < 1.29 is 9.84 Å². The Bertz CT molecular complexity index is 865. The van der Waals surface area contributed by atoms with Crippen molar-refractivity contribution in [1.29, 1.82) is 0 Å². The van der Waals surface area contributed by atoms with Gasteiger partial charge in [-0.3, -0.25) is 0 Å². The fraction of sp³-hybridized carbons (Fsp3) is 0.217. The number of rotatable bonds is 8. The second-order valence-corrected chi connectivity index (χ2v) is 8.34. The maximum atomic E-state index is 10.8. The Morgan fingerprint density at radius 1 is 0.821 bits per heavy atom. The first-order valence-corrected chi connectivity index (χ1v) is 10.8. The Labute approximate surface area is 183 Å². The number of nitrogens with one attached hydrogen (secondary N) is 1. The third kappa shape index (κ3) is 5.84. The average Bonchev–Trinajstić information content (AvgIpc) is 2.70. The molecule has 2 N–H and O–H groups in total. The van der Waals surface area contributed by atoms with Crippen molar-refractivity contribution in [3.63, 3.8) is 0 Å². The highest BCUT2D eigenvalue weighted by atomic mass is 79.9. The lowest BCUT2D eigenvalue weighted by Gasteiger charge is -2.24. The molecule has 0 heterocycles. The molecule has 0 bridgehead atoms. The summed E-state index contributed by atoms with van der Waals surface area (Å²) in [7, 11) is 0. The number of anilines is 1. The summed E-state index contributed by atoms with van der Waals surface area (Å²) >= 11 is 6.93. The Morgan fingerprint density at radius 3 is 1.89 bits per heavy atom. The zero-order valence-corrected chi connectivity index (χ0v) is 18.8. The fourth-order valence-corrected chi connectivity index (χ4v) is 3.56. The number of ether oxygens (including phenoxy) is 1. The van der Waals surface area contributed by atoms with Crippen molar-refractivity contribution in [2.45, 2.75) is 25.5 Å². The Kier molecular flexibility index (Phi) is 7.54. The molecule has 0 aliphatic carbocycles. The van der Waals surface area contributed by atoms with Crippen LogP contribution in [-0.4, -0.2) is 11.7 Å². The van der Waals surface area contributed by atoms with Crippen molar-refractivity contribution in [3.05, 3.63) is 92.9 Å². The molecule has 0 spiro atoms. The Hall–Kier alpha value is -1.82. The first-order valence-electron chi connectivity index (χ1n) is 9.23. The number of halogens is 2. The molecule has 0 aliphatic heterocycles. The second-order valence-electron chi connectivity index (χ2n) is 6.51. The smallest absolute Gasteiger partial charge is 0.119 e. The minimum atomic E-state index is -0.572. The quantitative estimate of drug-likeness (QED) is 0.351. The van der Waals surface area contributed by atoms with Crippen LogP contribution in [0.5, 0.6) is 5.75 Å². The standard InChI is InChI=1S/C23H23Br2NO2/c1-2-28-21-13-11-20(12-14-21)26-22(16-3-7-18(24)8-4-16)15-23(27)17-5-9-19(25)10-6-17/h3-14,22-23,26-27H,2,15H2,1H3. The van der Waals surface area contributed by atoms with Crippen LogP contribution in [0, 0.1) is 0 Å². The number of benzene rings is 3. The zero-order valence-electron chi connectivity index (χ0n) is 15.6. The monoisotopic (exact) mass is 503 g/mol. The average molecular weight is 505 g/mol. The molecule has 0 aliphatic rings. The van der Waals surface area contributed by atoms with E-state index in [4.69, 9.17) is 4.74 Å². The molecular formula is C23H23Br2NO2. The van der Waals surface area contributed by atoms with Gasteiger partial charge in [0, 0.05) is 21.1 Å². The number of aliphatic hydroxyl groups excluding tert-OH is 1. The molecule has 28 heavy (non-hydrogen) atoms. The molecule has 0 saturated heterocycles. The summed E-state index contributed by atoms with van der Waals surface area (Å²) < 4.78 is 7.55. The van der Waals surface area contributed by atoms with E-state index >= 15 is 0 Å². The molecule has 0 radical (unpaired) electrons. The summed E-state index contributed by atoms with van der Waals surface area (Å²) in [6, 6.07) is 23.9. The molecule has 0 aromatic heterocycles. The Balaban J connectivity index is 1.80. The van der Waals surface area contributed by atoms with Gasteiger partial charge in [0.25, 0.3) is 0 Å². The van der Waals surface area contributed by atoms with Gasteiger partial charge < -0.3 is 15.2 Å². The molecule has 5 heteroatoms. The maximum absolute atomic E-state index is 10.8. The highest BCUT2D eigenvalue weighted by Gasteiger charge is 2.18. The van der Waals surface area contributed by atoms with Crippen molar-refractivity contribution >= 4 is 37.5 Å².